The molecule has 0 saturated carbocycles. The van der Waals surface area contributed by atoms with Gasteiger partial charge in [-0.05, 0) is 57.2 Å². The van der Waals surface area contributed by atoms with Crippen LogP contribution in [-0.4, -0.2) is 68.9 Å². The lowest BCUT2D eigenvalue weighted by molar-refractivity contribution is 0.0141. The smallest absolute Gasteiger partial charge is 0.410 e. The average Bonchev–Trinajstić information content (AvgIpc) is 3.13. The number of nitriles is 1. The van der Waals surface area contributed by atoms with Gasteiger partial charge in [-0.3, -0.25) is 19.0 Å². The van der Waals surface area contributed by atoms with E-state index in [9.17, 15) is 19.2 Å². The van der Waals surface area contributed by atoms with E-state index in [2.05, 4.69) is 4.98 Å². The Labute approximate surface area is 206 Å². The minimum atomic E-state index is -0.597. The van der Waals surface area contributed by atoms with Crippen molar-refractivity contribution in [2.75, 3.05) is 26.2 Å². The highest BCUT2D eigenvalue weighted by Gasteiger charge is 2.32. The fourth-order valence-electron chi connectivity index (χ4n) is 4.40. The van der Waals surface area contributed by atoms with Crippen molar-refractivity contribution in [3.63, 3.8) is 0 Å². The molecule has 0 spiro atoms. The van der Waals surface area contributed by atoms with E-state index in [-0.39, 0.29) is 22.7 Å². The molecule has 182 valence electrons. The van der Waals surface area contributed by atoms with Gasteiger partial charge in [-0.25, -0.2) is 9.78 Å². The summed E-state index contributed by atoms with van der Waals surface area (Å²) in [5, 5.41) is 9.36. The highest BCUT2D eigenvalue weighted by molar-refractivity contribution is 6.13. The van der Waals surface area contributed by atoms with Crippen LogP contribution < -0.4 is 5.56 Å². The van der Waals surface area contributed by atoms with Gasteiger partial charge >= 0.3 is 6.09 Å². The van der Waals surface area contributed by atoms with Crippen LogP contribution in [0.3, 0.4) is 0 Å². The second-order valence-corrected chi connectivity index (χ2v) is 9.74. The first kappa shape index (κ1) is 23.2. The van der Waals surface area contributed by atoms with E-state index < -0.39 is 23.0 Å². The average molecular weight is 486 g/mol. The van der Waals surface area contributed by atoms with Gasteiger partial charge < -0.3 is 14.5 Å². The highest BCUT2D eigenvalue weighted by Crippen LogP contribution is 2.27. The zero-order valence-electron chi connectivity index (χ0n) is 20.1. The summed E-state index contributed by atoms with van der Waals surface area (Å²) in [7, 11) is 0. The molecule has 2 amide bonds. The quantitative estimate of drug-likeness (QED) is 0.405. The molecular formula is C26H23N5O5. The number of carbonyl (C=O) groups excluding carboxylic acids is 3. The highest BCUT2D eigenvalue weighted by atomic mass is 16.6. The molecule has 2 aromatic carbocycles. The van der Waals surface area contributed by atoms with E-state index >= 15 is 0 Å². The van der Waals surface area contributed by atoms with Crippen LogP contribution in [0.15, 0.2) is 41.2 Å². The third kappa shape index (κ3) is 3.88. The number of fused-ring (bicyclic) bond motifs is 4. The first-order valence-corrected chi connectivity index (χ1v) is 11.5. The van der Waals surface area contributed by atoms with Crippen LogP contribution in [-0.2, 0) is 4.74 Å². The number of nitrogens with zero attached hydrogens (tertiary/aromatic N) is 5. The molecule has 2 aliphatic heterocycles. The van der Waals surface area contributed by atoms with Crippen LogP contribution in [0.25, 0.3) is 16.6 Å². The Hall–Kier alpha value is -4.52. The molecular weight excluding hydrogens is 462 g/mol. The van der Waals surface area contributed by atoms with Crippen LogP contribution in [0.2, 0.25) is 0 Å². The normalized spacial score (nSPS) is 14.9. The van der Waals surface area contributed by atoms with Crippen LogP contribution >= 0.6 is 0 Å². The third-order valence-electron chi connectivity index (χ3n) is 6.15. The number of hydrogen-bond donors (Lipinski definition) is 0. The molecule has 3 aromatic rings. The van der Waals surface area contributed by atoms with E-state index in [1.807, 2.05) is 6.07 Å². The van der Waals surface area contributed by atoms with Gasteiger partial charge in [0.15, 0.2) is 5.82 Å². The summed E-state index contributed by atoms with van der Waals surface area (Å²) in [6, 6.07) is 11.2. The van der Waals surface area contributed by atoms with E-state index in [1.54, 1.807) is 48.8 Å². The van der Waals surface area contributed by atoms with Crippen molar-refractivity contribution in [1.82, 2.24) is 19.4 Å². The van der Waals surface area contributed by atoms with Gasteiger partial charge in [0.1, 0.15) is 5.60 Å². The van der Waals surface area contributed by atoms with Crippen LogP contribution in [0, 0.1) is 11.3 Å². The van der Waals surface area contributed by atoms with E-state index in [1.165, 1.54) is 22.8 Å². The maximum Gasteiger partial charge on any atom is 0.410 e. The van der Waals surface area contributed by atoms with Gasteiger partial charge in [0.2, 0.25) is 5.78 Å². The van der Waals surface area contributed by atoms with Crippen LogP contribution in [0.5, 0.6) is 0 Å². The van der Waals surface area contributed by atoms with Gasteiger partial charge in [0.25, 0.3) is 11.5 Å². The molecule has 0 N–H and O–H groups in total. The maximum atomic E-state index is 13.4. The fraction of sp³-hybridized carbons (Fsp3) is 0.308. The monoisotopic (exact) mass is 485 g/mol. The zero-order chi connectivity index (χ0) is 25.8. The van der Waals surface area contributed by atoms with Crippen molar-refractivity contribution in [2.24, 2.45) is 0 Å². The Morgan fingerprint density at radius 1 is 1.00 bits per heavy atom. The summed E-state index contributed by atoms with van der Waals surface area (Å²) in [6.45, 7) is 6.76. The molecule has 0 atom stereocenters. The van der Waals surface area contributed by atoms with Gasteiger partial charge in [0.05, 0.1) is 33.8 Å². The Bertz CT molecular complexity index is 1550. The molecule has 10 nitrogen and oxygen atoms in total. The molecule has 36 heavy (non-hydrogen) atoms. The zero-order valence-corrected chi connectivity index (χ0v) is 20.1. The number of ether oxygens (including phenoxy) is 1. The van der Waals surface area contributed by atoms with Crippen molar-refractivity contribution in [2.45, 2.75) is 26.4 Å². The second-order valence-electron chi connectivity index (χ2n) is 9.74. The molecule has 1 fully saturated rings. The minimum Gasteiger partial charge on any atom is -0.444 e. The second kappa shape index (κ2) is 8.30. The molecule has 0 radical (unpaired) electrons. The summed E-state index contributed by atoms with van der Waals surface area (Å²) in [5.41, 5.74) is 0.483. The molecule has 10 heteroatoms. The van der Waals surface area contributed by atoms with E-state index in [4.69, 9.17) is 10.00 Å². The summed E-state index contributed by atoms with van der Waals surface area (Å²) in [6.07, 6.45) is -0.412. The SMILES string of the molecule is CC(C)(C)OC(=O)N1CCN(C(=O)c2ccc3nc4n(c(=O)c3c2)-c2ccc(C#N)cc2C4=O)CC1. The summed E-state index contributed by atoms with van der Waals surface area (Å²) < 4.78 is 6.63. The Morgan fingerprint density at radius 3 is 2.36 bits per heavy atom. The Morgan fingerprint density at radius 2 is 1.69 bits per heavy atom. The van der Waals surface area contributed by atoms with Crippen LogP contribution in [0.4, 0.5) is 4.79 Å². The number of piperazine rings is 1. The molecule has 5 rings (SSSR count). The predicted molar refractivity (Wildman–Crippen MR) is 129 cm³/mol. The number of benzene rings is 2. The molecule has 1 saturated heterocycles. The minimum absolute atomic E-state index is 0.0186. The predicted octanol–water partition coefficient (Wildman–Crippen LogP) is 2.49. The van der Waals surface area contributed by atoms with Crippen LogP contribution in [0.1, 0.15) is 52.9 Å². The Kier molecular flexibility index (Phi) is 5.36. The maximum absolute atomic E-state index is 13.4. The summed E-state index contributed by atoms with van der Waals surface area (Å²) >= 11 is 0. The molecule has 0 unspecified atom stereocenters. The number of aromatic nitrogens is 2. The number of carbonyl (C=O) groups is 3. The molecule has 2 aliphatic rings. The topological polar surface area (TPSA) is 126 Å². The molecule has 0 bridgehead atoms. The van der Waals surface area contributed by atoms with Crippen molar-refractivity contribution >= 4 is 28.7 Å². The fourth-order valence-corrected chi connectivity index (χ4v) is 4.40. The first-order chi connectivity index (χ1) is 17.1. The summed E-state index contributed by atoms with van der Waals surface area (Å²) in [4.78, 5) is 59.3. The van der Waals surface area contributed by atoms with E-state index in [0.29, 0.717) is 48.5 Å². The van der Waals surface area contributed by atoms with Gasteiger partial charge in [-0.15, -0.1) is 0 Å². The lowest BCUT2D eigenvalue weighted by Gasteiger charge is -2.35. The lowest BCUT2D eigenvalue weighted by atomic mass is 10.1. The van der Waals surface area contributed by atoms with Crippen molar-refractivity contribution in [3.05, 3.63) is 69.3 Å². The van der Waals surface area contributed by atoms with Gasteiger partial charge in [-0.2, -0.15) is 5.26 Å². The van der Waals surface area contributed by atoms with E-state index in [0.717, 1.165) is 0 Å². The lowest BCUT2D eigenvalue weighted by Crippen LogP contribution is -2.51. The largest absolute Gasteiger partial charge is 0.444 e. The first-order valence-electron chi connectivity index (χ1n) is 11.5. The van der Waals surface area contributed by atoms with Gasteiger partial charge in [-0.1, -0.05) is 0 Å². The summed E-state index contributed by atoms with van der Waals surface area (Å²) in [5.74, 6) is -0.709. The number of rotatable bonds is 1. The third-order valence-corrected chi connectivity index (χ3v) is 6.15. The number of hydrogen-bond acceptors (Lipinski definition) is 7. The molecule has 1 aromatic heterocycles. The van der Waals surface area contributed by atoms with Crippen molar-refractivity contribution < 1.29 is 19.1 Å². The Balaban J connectivity index is 1.42. The number of amides is 2. The standard InChI is InChI=1S/C26H23N5O5/c1-26(2,3)36-25(35)30-10-8-29(9-11-30)23(33)16-5-6-19-17(13-16)24(34)31-20-7-4-15(14-27)12-18(20)21(32)22(31)28-19/h4-7,12-13H,8-11H2,1-3H3. The van der Waals surface area contributed by atoms with Gasteiger partial charge in [0, 0.05) is 31.7 Å². The molecule has 3 heterocycles. The molecule has 0 aliphatic carbocycles. The van der Waals surface area contributed by atoms with Crippen molar-refractivity contribution in [1.29, 1.82) is 5.26 Å². The van der Waals surface area contributed by atoms with Crippen molar-refractivity contribution in [3.8, 4) is 11.8 Å². The number of ketones is 1.